The van der Waals surface area contributed by atoms with Crippen LogP contribution in [0.25, 0.3) is 11.3 Å². The van der Waals surface area contributed by atoms with Gasteiger partial charge >= 0.3 is 0 Å². The molecule has 4 N–H and O–H groups in total. The lowest BCUT2D eigenvalue weighted by atomic mass is 9.89. The van der Waals surface area contributed by atoms with Crippen LogP contribution in [0.1, 0.15) is 23.8 Å². The van der Waals surface area contributed by atoms with Gasteiger partial charge in [-0.05, 0) is 23.6 Å². The molecule has 0 spiro atoms. The Morgan fingerprint density at radius 3 is 2.56 bits per heavy atom. The minimum absolute atomic E-state index is 0.0757. The number of carbonyl (C=O) groups is 1. The molecule has 2 aliphatic heterocycles. The molecule has 43 heavy (non-hydrogen) atoms. The molecule has 3 aromatic rings. The van der Waals surface area contributed by atoms with Crippen molar-refractivity contribution in [2.24, 2.45) is 0 Å². The molecule has 1 aromatic carbocycles. The maximum atomic E-state index is 13.8. The number of amides is 1. The number of rotatable bonds is 9. The highest BCUT2D eigenvalue weighted by Crippen LogP contribution is 2.42. The fourth-order valence-corrected chi connectivity index (χ4v) is 7.54. The Labute approximate surface area is 252 Å². The van der Waals surface area contributed by atoms with E-state index in [0.29, 0.717) is 6.54 Å². The van der Waals surface area contributed by atoms with E-state index in [4.69, 9.17) is 9.47 Å². The zero-order valence-corrected chi connectivity index (χ0v) is 24.6. The number of aliphatic hydroxyl groups is 4. The lowest BCUT2D eigenvalue weighted by Gasteiger charge is -2.45. The second kappa shape index (κ2) is 13.2. The van der Waals surface area contributed by atoms with Crippen molar-refractivity contribution in [2.75, 3.05) is 26.9 Å². The Morgan fingerprint density at radius 2 is 1.93 bits per heavy atom. The van der Waals surface area contributed by atoms with Gasteiger partial charge in [-0.25, -0.2) is 17.9 Å². The fraction of sp³-hybridized carbons (Fsp3) is 0.519. The van der Waals surface area contributed by atoms with Crippen molar-refractivity contribution in [3.8, 4) is 11.3 Å². The summed E-state index contributed by atoms with van der Waals surface area (Å²) >= 11 is 2.34. The Balaban J connectivity index is 1.43. The molecule has 1 amide bonds. The Hall–Kier alpha value is -2.57. The molecule has 0 bridgehead atoms. The zero-order chi connectivity index (χ0) is 30.9. The summed E-state index contributed by atoms with van der Waals surface area (Å²) in [4.78, 5) is 16.2. The van der Waals surface area contributed by atoms with Crippen LogP contribution in [-0.4, -0.2) is 108 Å². The highest BCUT2D eigenvalue weighted by atomic mass is 32.2. The van der Waals surface area contributed by atoms with Crippen LogP contribution in [-0.2, 0) is 20.8 Å². The molecule has 2 aliphatic rings. The standard InChI is InChI=1S/C27H31F3N4O7S2/c1-33(11-15-3-2-8-42-15)25(38)24(27(39)4-6-40-7-5-27)43-26-23(37)21(22(36)19(13-35)41-26)34-12-18(31-32-34)14-9-16(28)20(30)17(29)10-14/h2-3,8-10,12,19,21-24,26,35-37,39H,4-7,11,13H2,1H3/t19-,21+,22+,23-,24?,26+/m1/s1. The monoisotopic (exact) mass is 644 g/mol. The third-order valence-electron chi connectivity index (χ3n) is 7.63. The van der Waals surface area contributed by atoms with E-state index in [0.717, 1.165) is 33.5 Å². The van der Waals surface area contributed by atoms with E-state index in [1.807, 2.05) is 17.5 Å². The van der Waals surface area contributed by atoms with Gasteiger partial charge in [-0.2, -0.15) is 0 Å². The molecular formula is C27H31F3N4O7S2. The highest BCUT2D eigenvalue weighted by molar-refractivity contribution is 8.01. The van der Waals surface area contributed by atoms with Gasteiger partial charge in [0.05, 0.1) is 24.9 Å². The summed E-state index contributed by atoms with van der Waals surface area (Å²) in [5.41, 5.74) is -2.96. The van der Waals surface area contributed by atoms with Gasteiger partial charge < -0.3 is 34.8 Å². The van der Waals surface area contributed by atoms with Crippen molar-refractivity contribution in [1.29, 1.82) is 0 Å². The number of hydrogen-bond acceptors (Lipinski definition) is 11. The van der Waals surface area contributed by atoms with Crippen LogP contribution in [0.15, 0.2) is 35.8 Å². The topological polar surface area (TPSA) is 150 Å². The summed E-state index contributed by atoms with van der Waals surface area (Å²) in [5, 5.41) is 52.6. The number of benzene rings is 1. The van der Waals surface area contributed by atoms with Crippen molar-refractivity contribution < 1.29 is 47.9 Å². The third-order valence-corrected chi connectivity index (χ3v) is 10.1. The van der Waals surface area contributed by atoms with Gasteiger partial charge in [0.25, 0.3) is 0 Å². The molecule has 2 aromatic heterocycles. The van der Waals surface area contributed by atoms with E-state index in [9.17, 15) is 38.4 Å². The van der Waals surface area contributed by atoms with Gasteiger partial charge in [0.1, 0.15) is 40.7 Å². The van der Waals surface area contributed by atoms with Gasteiger partial charge in [-0.3, -0.25) is 4.79 Å². The molecule has 6 atom stereocenters. The van der Waals surface area contributed by atoms with Crippen molar-refractivity contribution in [3.63, 3.8) is 0 Å². The Bertz CT molecular complexity index is 1390. The summed E-state index contributed by atoms with van der Waals surface area (Å²) in [6.07, 6.45) is -2.80. The van der Waals surface area contributed by atoms with E-state index in [1.54, 1.807) is 7.05 Å². The summed E-state index contributed by atoms with van der Waals surface area (Å²) < 4.78 is 53.5. The molecule has 2 fully saturated rings. The van der Waals surface area contributed by atoms with E-state index in [-0.39, 0.29) is 37.3 Å². The van der Waals surface area contributed by atoms with Crippen molar-refractivity contribution >= 4 is 29.0 Å². The normalized spacial score (nSPS) is 26.3. The van der Waals surface area contributed by atoms with Crippen molar-refractivity contribution in [1.82, 2.24) is 19.9 Å². The largest absolute Gasteiger partial charge is 0.394 e. The van der Waals surface area contributed by atoms with Crippen LogP contribution in [0.3, 0.4) is 0 Å². The second-order valence-electron chi connectivity index (χ2n) is 10.5. The van der Waals surface area contributed by atoms with E-state index < -0.39 is 70.6 Å². The number of ether oxygens (including phenoxy) is 2. The summed E-state index contributed by atoms with van der Waals surface area (Å²) in [6, 6.07) is 3.92. The van der Waals surface area contributed by atoms with Gasteiger partial charge in [0.15, 0.2) is 17.5 Å². The average molecular weight is 645 g/mol. The maximum absolute atomic E-state index is 13.8. The van der Waals surface area contributed by atoms with Crippen LogP contribution in [0.2, 0.25) is 0 Å². The molecule has 11 nitrogen and oxygen atoms in total. The molecular weight excluding hydrogens is 613 g/mol. The van der Waals surface area contributed by atoms with Gasteiger partial charge in [0, 0.05) is 43.5 Å². The predicted molar refractivity (Wildman–Crippen MR) is 149 cm³/mol. The number of aliphatic hydroxyl groups excluding tert-OH is 3. The molecule has 16 heteroatoms. The van der Waals surface area contributed by atoms with E-state index >= 15 is 0 Å². The second-order valence-corrected chi connectivity index (χ2v) is 12.8. The van der Waals surface area contributed by atoms with Gasteiger partial charge in [-0.15, -0.1) is 28.2 Å². The van der Waals surface area contributed by atoms with Crippen LogP contribution < -0.4 is 0 Å². The minimum Gasteiger partial charge on any atom is -0.394 e. The number of carbonyl (C=O) groups excluding carboxylic acids is 1. The van der Waals surface area contributed by atoms with E-state index in [1.165, 1.54) is 22.4 Å². The number of nitrogens with zero attached hydrogens (tertiary/aromatic N) is 4. The van der Waals surface area contributed by atoms with Crippen molar-refractivity contribution in [3.05, 3.63) is 58.2 Å². The summed E-state index contributed by atoms with van der Waals surface area (Å²) in [6.45, 7) is 0.0699. The molecule has 2 saturated heterocycles. The minimum atomic E-state index is -1.65. The first kappa shape index (κ1) is 31.8. The molecule has 1 unspecified atom stereocenters. The van der Waals surface area contributed by atoms with Gasteiger partial charge in [0.2, 0.25) is 5.91 Å². The molecule has 4 heterocycles. The van der Waals surface area contributed by atoms with Gasteiger partial charge in [-0.1, -0.05) is 11.3 Å². The first-order valence-electron chi connectivity index (χ1n) is 13.4. The van der Waals surface area contributed by atoms with Crippen LogP contribution >= 0.6 is 23.1 Å². The van der Waals surface area contributed by atoms with Crippen molar-refractivity contribution in [2.45, 2.75) is 60.0 Å². The highest BCUT2D eigenvalue weighted by Gasteiger charge is 2.51. The predicted octanol–water partition coefficient (Wildman–Crippen LogP) is 1.71. The van der Waals surface area contributed by atoms with Crippen LogP contribution in [0, 0.1) is 17.5 Å². The number of hydrogen-bond donors (Lipinski definition) is 4. The SMILES string of the molecule is CN(Cc1cccs1)C(=O)C(S[C@@H]1O[C@H](CO)[C@H](O)[C@H](n2cc(-c3cc(F)c(F)c(F)c3)nn2)[C@H]1O)C1(O)CCOCC1. The maximum Gasteiger partial charge on any atom is 0.238 e. The molecule has 234 valence electrons. The smallest absolute Gasteiger partial charge is 0.238 e. The Kier molecular flexibility index (Phi) is 9.77. The number of thioether (sulfide) groups is 1. The molecule has 0 aliphatic carbocycles. The quantitative estimate of drug-likeness (QED) is 0.254. The fourth-order valence-electron chi connectivity index (χ4n) is 5.20. The summed E-state index contributed by atoms with van der Waals surface area (Å²) in [5.74, 6) is -4.92. The number of thiophene rings is 1. The molecule has 0 radical (unpaired) electrons. The van der Waals surface area contributed by atoms with Crippen LogP contribution in [0.4, 0.5) is 13.2 Å². The molecule has 5 rings (SSSR count). The molecule has 0 saturated carbocycles. The number of halogens is 3. The Morgan fingerprint density at radius 1 is 1.23 bits per heavy atom. The first-order valence-corrected chi connectivity index (χ1v) is 15.3. The van der Waals surface area contributed by atoms with Crippen LogP contribution in [0.5, 0.6) is 0 Å². The zero-order valence-electron chi connectivity index (χ0n) is 22.9. The first-order chi connectivity index (χ1) is 20.5. The average Bonchev–Trinajstić information content (AvgIpc) is 3.68. The summed E-state index contributed by atoms with van der Waals surface area (Å²) in [7, 11) is 1.61. The third kappa shape index (κ3) is 6.61. The lowest BCUT2D eigenvalue weighted by molar-refractivity contribution is -0.179. The lowest BCUT2D eigenvalue weighted by Crippen LogP contribution is -2.58. The van der Waals surface area contributed by atoms with E-state index in [2.05, 4.69) is 10.3 Å². The number of aromatic nitrogens is 3.